The summed E-state index contributed by atoms with van der Waals surface area (Å²) in [7, 11) is 0. The smallest absolute Gasteiger partial charge is 0.289 e. The number of piperidine rings is 1. The molecule has 4 rings (SSSR count). The van der Waals surface area contributed by atoms with Crippen LogP contribution in [0, 0.1) is 0 Å². The average molecular weight is 382 g/mol. The second-order valence-electron chi connectivity index (χ2n) is 8.10. The predicted octanol–water partition coefficient (Wildman–Crippen LogP) is 2.83. The number of nitrogens with zero attached hydrogens (tertiary/aromatic N) is 4. The minimum Gasteiger partial charge on any atom is -0.345 e. The molecule has 150 valence electrons. The van der Waals surface area contributed by atoms with E-state index in [0.717, 1.165) is 76.9 Å². The van der Waals surface area contributed by atoms with E-state index in [0.29, 0.717) is 5.82 Å². The minimum atomic E-state index is -0.0585. The van der Waals surface area contributed by atoms with Gasteiger partial charge in [0.15, 0.2) is 0 Å². The highest BCUT2D eigenvalue weighted by Gasteiger charge is 2.25. The standard InChI is InChI=1S/C22H31N5O/c28-22(21-25-24-20-13-5-2-6-16-27(20)21)23-19-12-8-15-26(17-19)14-7-11-18-9-3-1-4-10-18/h1,3-4,9-10,19H,2,5-8,11-17H2,(H,23,28)/t19-/m0/s1. The van der Waals surface area contributed by atoms with Gasteiger partial charge in [0.25, 0.3) is 5.91 Å². The van der Waals surface area contributed by atoms with E-state index in [1.54, 1.807) is 0 Å². The first-order valence-corrected chi connectivity index (χ1v) is 10.8. The Morgan fingerprint density at radius 3 is 2.86 bits per heavy atom. The van der Waals surface area contributed by atoms with Crippen LogP contribution < -0.4 is 5.32 Å². The molecular formula is C22H31N5O. The Hall–Kier alpha value is -2.21. The largest absolute Gasteiger partial charge is 0.345 e. The van der Waals surface area contributed by atoms with Gasteiger partial charge < -0.3 is 14.8 Å². The molecule has 3 heterocycles. The van der Waals surface area contributed by atoms with Crippen molar-refractivity contribution in [3.63, 3.8) is 0 Å². The highest BCUT2D eigenvalue weighted by atomic mass is 16.2. The molecule has 2 aliphatic heterocycles. The molecule has 1 fully saturated rings. The number of nitrogens with one attached hydrogen (secondary N) is 1. The normalized spacial score (nSPS) is 20.4. The summed E-state index contributed by atoms with van der Waals surface area (Å²) in [5.41, 5.74) is 1.40. The zero-order chi connectivity index (χ0) is 19.2. The maximum absolute atomic E-state index is 12.8. The summed E-state index contributed by atoms with van der Waals surface area (Å²) in [4.78, 5) is 15.3. The van der Waals surface area contributed by atoms with Crippen LogP contribution in [0.15, 0.2) is 30.3 Å². The van der Waals surface area contributed by atoms with Gasteiger partial charge in [0.1, 0.15) is 5.82 Å². The van der Waals surface area contributed by atoms with Crippen molar-refractivity contribution in [2.24, 2.45) is 0 Å². The average Bonchev–Trinajstić information content (AvgIpc) is 2.98. The number of hydrogen-bond donors (Lipinski definition) is 1. The molecule has 2 aromatic rings. The van der Waals surface area contributed by atoms with Gasteiger partial charge >= 0.3 is 0 Å². The molecule has 0 saturated carbocycles. The van der Waals surface area contributed by atoms with Crippen LogP contribution >= 0.6 is 0 Å². The van der Waals surface area contributed by atoms with Crippen molar-refractivity contribution in [3.05, 3.63) is 47.5 Å². The molecule has 0 unspecified atom stereocenters. The summed E-state index contributed by atoms with van der Waals surface area (Å²) in [6.45, 7) is 4.01. The number of likely N-dealkylation sites (tertiary alicyclic amines) is 1. The molecule has 0 aliphatic carbocycles. The van der Waals surface area contributed by atoms with Gasteiger partial charge in [-0.2, -0.15) is 0 Å². The monoisotopic (exact) mass is 381 g/mol. The van der Waals surface area contributed by atoms with Gasteiger partial charge in [-0.25, -0.2) is 0 Å². The Kier molecular flexibility index (Phi) is 6.37. The lowest BCUT2D eigenvalue weighted by atomic mass is 10.0. The summed E-state index contributed by atoms with van der Waals surface area (Å²) >= 11 is 0. The number of hydrogen-bond acceptors (Lipinski definition) is 4. The van der Waals surface area contributed by atoms with E-state index in [1.165, 1.54) is 12.0 Å². The molecule has 1 aromatic heterocycles. The van der Waals surface area contributed by atoms with Crippen molar-refractivity contribution in [1.82, 2.24) is 25.0 Å². The Morgan fingerprint density at radius 1 is 1.07 bits per heavy atom. The molecule has 2 aliphatic rings. The van der Waals surface area contributed by atoms with Crippen LogP contribution in [0.25, 0.3) is 0 Å². The number of aromatic nitrogens is 3. The van der Waals surface area contributed by atoms with Gasteiger partial charge in [0.05, 0.1) is 0 Å². The van der Waals surface area contributed by atoms with Crippen molar-refractivity contribution in [2.75, 3.05) is 19.6 Å². The van der Waals surface area contributed by atoms with Gasteiger partial charge in [0.2, 0.25) is 5.82 Å². The fraction of sp³-hybridized carbons (Fsp3) is 0.591. The second kappa shape index (κ2) is 9.32. The molecule has 1 N–H and O–H groups in total. The predicted molar refractivity (Wildman–Crippen MR) is 109 cm³/mol. The van der Waals surface area contributed by atoms with Crippen LogP contribution in [0.1, 0.15) is 60.5 Å². The van der Waals surface area contributed by atoms with Crippen molar-refractivity contribution < 1.29 is 4.79 Å². The van der Waals surface area contributed by atoms with E-state index in [2.05, 4.69) is 50.7 Å². The summed E-state index contributed by atoms with van der Waals surface area (Å²) in [6.07, 6.45) is 8.81. The first-order valence-electron chi connectivity index (χ1n) is 10.8. The minimum absolute atomic E-state index is 0.0585. The van der Waals surface area contributed by atoms with Crippen molar-refractivity contribution in [3.8, 4) is 0 Å². The molecule has 0 bridgehead atoms. The molecule has 0 spiro atoms. The fourth-order valence-electron chi connectivity index (χ4n) is 4.43. The van der Waals surface area contributed by atoms with E-state index < -0.39 is 0 Å². The first kappa shape index (κ1) is 19.1. The van der Waals surface area contributed by atoms with Crippen molar-refractivity contribution >= 4 is 5.91 Å². The van der Waals surface area contributed by atoms with Crippen LogP contribution in [-0.4, -0.2) is 51.2 Å². The number of rotatable bonds is 6. The summed E-state index contributed by atoms with van der Waals surface area (Å²) in [6, 6.07) is 10.9. The lowest BCUT2D eigenvalue weighted by Gasteiger charge is -2.33. The second-order valence-corrected chi connectivity index (χ2v) is 8.10. The number of benzene rings is 1. The van der Waals surface area contributed by atoms with Gasteiger partial charge in [-0.3, -0.25) is 4.79 Å². The zero-order valence-electron chi connectivity index (χ0n) is 16.6. The van der Waals surface area contributed by atoms with Gasteiger partial charge in [-0.05, 0) is 57.2 Å². The molecule has 6 nitrogen and oxygen atoms in total. The van der Waals surface area contributed by atoms with Crippen molar-refractivity contribution in [1.29, 1.82) is 0 Å². The molecule has 0 radical (unpaired) electrons. The number of carbonyl (C=O) groups is 1. The third kappa shape index (κ3) is 4.79. The van der Waals surface area contributed by atoms with E-state index in [9.17, 15) is 4.79 Å². The Balaban J connectivity index is 1.28. The Bertz CT molecular complexity index is 772. The topological polar surface area (TPSA) is 63.1 Å². The van der Waals surface area contributed by atoms with Crippen LogP contribution in [0.5, 0.6) is 0 Å². The molecule has 1 atom stereocenters. The van der Waals surface area contributed by atoms with E-state index in [-0.39, 0.29) is 11.9 Å². The first-order chi connectivity index (χ1) is 13.8. The highest BCUT2D eigenvalue weighted by Crippen LogP contribution is 2.16. The SMILES string of the molecule is O=C(N[C@H]1CCCN(CCCc2ccccc2)C1)c1nnc2n1CCCCC2. The summed E-state index contributed by atoms with van der Waals surface area (Å²) in [5.74, 6) is 1.41. The molecule has 1 saturated heterocycles. The lowest BCUT2D eigenvalue weighted by molar-refractivity contribution is 0.0887. The number of amides is 1. The molecule has 6 heteroatoms. The number of aryl methyl sites for hydroxylation is 2. The van der Waals surface area contributed by atoms with E-state index >= 15 is 0 Å². The molecule has 1 aromatic carbocycles. The maximum atomic E-state index is 12.8. The van der Waals surface area contributed by atoms with Crippen LogP contribution in [-0.2, 0) is 19.4 Å². The highest BCUT2D eigenvalue weighted by molar-refractivity contribution is 5.90. The number of carbonyl (C=O) groups excluding carboxylic acids is 1. The summed E-state index contributed by atoms with van der Waals surface area (Å²) < 4.78 is 2.03. The third-order valence-electron chi connectivity index (χ3n) is 5.94. The van der Waals surface area contributed by atoms with Crippen LogP contribution in [0.4, 0.5) is 0 Å². The quantitative estimate of drug-likeness (QED) is 0.836. The van der Waals surface area contributed by atoms with Crippen molar-refractivity contribution in [2.45, 2.75) is 64.0 Å². The maximum Gasteiger partial charge on any atom is 0.289 e. The number of fused-ring (bicyclic) bond motifs is 1. The molecule has 1 amide bonds. The summed E-state index contributed by atoms with van der Waals surface area (Å²) in [5, 5.41) is 11.7. The molecule has 28 heavy (non-hydrogen) atoms. The fourth-order valence-corrected chi connectivity index (χ4v) is 4.43. The van der Waals surface area contributed by atoms with Gasteiger partial charge in [-0.1, -0.05) is 36.8 Å². The van der Waals surface area contributed by atoms with Crippen LogP contribution in [0.3, 0.4) is 0 Å². The Morgan fingerprint density at radius 2 is 1.96 bits per heavy atom. The molecular weight excluding hydrogens is 350 g/mol. The van der Waals surface area contributed by atoms with Gasteiger partial charge in [0, 0.05) is 25.6 Å². The van der Waals surface area contributed by atoms with E-state index in [1.807, 2.05) is 4.57 Å². The van der Waals surface area contributed by atoms with Gasteiger partial charge in [-0.15, -0.1) is 10.2 Å². The van der Waals surface area contributed by atoms with Crippen LogP contribution in [0.2, 0.25) is 0 Å². The zero-order valence-corrected chi connectivity index (χ0v) is 16.6. The Labute approximate surface area is 167 Å². The van der Waals surface area contributed by atoms with E-state index in [4.69, 9.17) is 0 Å². The third-order valence-corrected chi connectivity index (χ3v) is 5.94. The lowest BCUT2D eigenvalue weighted by Crippen LogP contribution is -2.48.